The number of rotatable bonds is 7. The fourth-order valence-electron chi connectivity index (χ4n) is 3.64. The zero-order chi connectivity index (χ0) is 22.6. The highest BCUT2D eigenvalue weighted by atomic mass is 35.5. The molecule has 0 aliphatic carbocycles. The number of nitrogens with zero attached hydrogens (tertiary/aromatic N) is 2. The smallest absolute Gasteiger partial charge is 0.0849 e. The van der Waals surface area contributed by atoms with Gasteiger partial charge >= 0.3 is 0 Å². The number of halogens is 1. The molecule has 2 heterocycles. The number of aromatic nitrogens is 1. The number of likely N-dealkylation sites (tertiary alicyclic amines) is 1. The van der Waals surface area contributed by atoms with Crippen molar-refractivity contribution in [2.24, 2.45) is 0 Å². The zero-order valence-corrected chi connectivity index (χ0v) is 19.9. The predicted octanol–water partition coefficient (Wildman–Crippen LogP) is 6.29. The Balaban J connectivity index is 0.00000166. The van der Waals surface area contributed by atoms with Crippen LogP contribution in [0.5, 0.6) is 0 Å². The predicted molar refractivity (Wildman–Crippen MR) is 136 cm³/mol. The lowest BCUT2D eigenvalue weighted by Crippen LogP contribution is -2.34. The third kappa shape index (κ3) is 7.57. The summed E-state index contributed by atoms with van der Waals surface area (Å²) in [6.45, 7) is 12.9. The summed E-state index contributed by atoms with van der Waals surface area (Å²) in [5, 5.41) is 6.81. The number of anilines is 2. The second-order valence-electron chi connectivity index (χ2n) is 7.45. The van der Waals surface area contributed by atoms with Gasteiger partial charge in [-0.15, -0.1) is 11.6 Å². The Hall–Kier alpha value is -2.56. The van der Waals surface area contributed by atoms with Crippen molar-refractivity contribution in [3.8, 4) is 0 Å². The van der Waals surface area contributed by atoms with Gasteiger partial charge in [-0.05, 0) is 54.9 Å². The Morgan fingerprint density at radius 2 is 1.90 bits per heavy atom. The minimum absolute atomic E-state index is 0.287. The molecule has 5 heteroatoms. The molecule has 2 aromatic rings. The largest absolute Gasteiger partial charge is 0.368 e. The average Bonchev–Trinajstić information content (AvgIpc) is 2.78. The standard InChI is InChI=1S/C24H29ClN4.C2H6/c1-18(7-10-25)13-23-19(2)15-29(3)16-24(23)20-5-4-6-22(14-20)28-17-27-21-8-11-26-12-9-21;1-2/h4-9,11-14,24,28H,2,10,15-17H2,1,3H3,(H,26,27);1-2H3/b18-7-,23-13+;. The molecule has 1 aliphatic heterocycles. The molecule has 0 radical (unpaired) electrons. The van der Waals surface area contributed by atoms with Gasteiger partial charge in [-0.3, -0.25) is 4.98 Å². The third-order valence-corrected chi connectivity index (χ3v) is 5.23. The van der Waals surface area contributed by atoms with E-state index in [-0.39, 0.29) is 5.92 Å². The summed E-state index contributed by atoms with van der Waals surface area (Å²) in [5.74, 6) is 0.811. The maximum Gasteiger partial charge on any atom is 0.0849 e. The number of nitrogens with one attached hydrogen (secondary N) is 2. The van der Waals surface area contributed by atoms with E-state index in [1.807, 2.05) is 32.1 Å². The van der Waals surface area contributed by atoms with Crippen LogP contribution in [-0.2, 0) is 0 Å². The molecule has 1 saturated heterocycles. The van der Waals surface area contributed by atoms with E-state index in [9.17, 15) is 0 Å². The third-order valence-electron chi connectivity index (χ3n) is 5.08. The zero-order valence-electron chi connectivity index (χ0n) is 19.2. The summed E-state index contributed by atoms with van der Waals surface area (Å²) in [6, 6.07) is 12.6. The molecular formula is C26H35ClN4. The van der Waals surface area contributed by atoms with E-state index in [0.29, 0.717) is 12.5 Å². The van der Waals surface area contributed by atoms with Crippen LogP contribution in [0, 0.1) is 0 Å². The van der Waals surface area contributed by atoms with Crippen molar-refractivity contribution in [1.82, 2.24) is 9.88 Å². The van der Waals surface area contributed by atoms with Gasteiger partial charge in [-0.1, -0.05) is 50.3 Å². The fourth-order valence-corrected chi connectivity index (χ4v) is 3.88. The molecule has 166 valence electrons. The van der Waals surface area contributed by atoms with Crippen LogP contribution in [0.25, 0.3) is 0 Å². The van der Waals surface area contributed by atoms with Crippen molar-refractivity contribution in [2.45, 2.75) is 26.7 Å². The minimum atomic E-state index is 0.287. The van der Waals surface area contributed by atoms with Gasteiger partial charge in [0.05, 0.1) is 6.67 Å². The normalized spacial score (nSPS) is 18.4. The summed E-state index contributed by atoms with van der Waals surface area (Å²) in [5.41, 5.74) is 7.08. The van der Waals surface area contributed by atoms with E-state index >= 15 is 0 Å². The van der Waals surface area contributed by atoms with E-state index in [1.165, 1.54) is 22.3 Å². The Labute approximate surface area is 192 Å². The highest BCUT2D eigenvalue weighted by Gasteiger charge is 2.26. The van der Waals surface area contributed by atoms with E-state index in [0.717, 1.165) is 24.5 Å². The fraction of sp³-hybridized carbons (Fsp3) is 0.346. The molecule has 1 fully saturated rings. The molecule has 4 nitrogen and oxygen atoms in total. The van der Waals surface area contributed by atoms with Crippen molar-refractivity contribution in [3.63, 3.8) is 0 Å². The summed E-state index contributed by atoms with van der Waals surface area (Å²) >= 11 is 5.89. The molecule has 1 aromatic carbocycles. The second-order valence-corrected chi connectivity index (χ2v) is 7.76. The molecule has 1 atom stereocenters. The Morgan fingerprint density at radius 1 is 1.19 bits per heavy atom. The first-order valence-electron chi connectivity index (χ1n) is 10.9. The highest BCUT2D eigenvalue weighted by Crippen LogP contribution is 2.35. The van der Waals surface area contributed by atoms with E-state index in [4.69, 9.17) is 11.6 Å². The van der Waals surface area contributed by atoms with Crippen LogP contribution in [0.3, 0.4) is 0 Å². The van der Waals surface area contributed by atoms with Crippen LogP contribution in [0.2, 0.25) is 0 Å². The number of piperidine rings is 1. The van der Waals surface area contributed by atoms with Gasteiger partial charge in [0.1, 0.15) is 0 Å². The van der Waals surface area contributed by atoms with Crippen molar-refractivity contribution in [2.75, 3.05) is 43.3 Å². The first-order valence-corrected chi connectivity index (χ1v) is 11.4. The second kappa shape index (κ2) is 13.0. The molecule has 2 N–H and O–H groups in total. The highest BCUT2D eigenvalue weighted by molar-refractivity contribution is 6.18. The van der Waals surface area contributed by atoms with Crippen LogP contribution in [0.1, 0.15) is 32.3 Å². The van der Waals surface area contributed by atoms with E-state index in [1.54, 1.807) is 12.4 Å². The number of alkyl halides is 1. The van der Waals surface area contributed by atoms with Crippen molar-refractivity contribution >= 4 is 23.0 Å². The van der Waals surface area contributed by atoms with Crippen LogP contribution >= 0.6 is 11.6 Å². The van der Waals surface area contributed by atoms with Gasteiger partial charge in [0.2, 0.25) is 0 Å². The van der Waals surface area contributed by atoms with Crippen molar-refractivity contribution in [3.05, 3.63) is 89.8 Å². The van der Waals surface area contributed by atoms with Gasteiger partial charge in [0.25, 0.3) is 0 Å². The Morgan fingerprint density at radius 3 is 2.61 bits per heavy atom. The monoisotopic (exact) mass is 438 g/mol. The number of hydrogen-bond acceptors (Lipinski definition) is 4. The number of hydrogen-bond donors (Lipinski definition) is 2. The first-order chi connectivity index (χ1) is 15.1. The maximum absolute atomic E-state index is 5.89. The van der Waals surface area contributed by atoms with Crippen molar-refractivity contribution < 1.29 is 0 Å². The molecule has 0 amide bonds. The molecular weight excluding hydrogens is 404 g/mol. The Bertz CT molecular complexity index is 889. The van der Waals surface area contributed by atoms with E-state index < -0.39 is 0 Å². The van der Waals surface area contributed by atoms with Gasteiger partial charge in [-0.2, -0.15) is 0 Å². The number of pyridine rings is 1. The maximum atomic E-state index is 5.89. The molecule has 1 aliphatic rings. The van der Waals surface area contributed by atoms with Crippen LogP contribution in [0.15, 0.2) is 84.2 Å². The molecule has 1 aromatic heterocycles. The van der Waals surface area contributed by atoms with Crippen LogP contribution in [0.4, 0.5) is 11.4 Å². The lowest BCUT2D eigenvalue weighted by molar-refractivity contribution is 0.327. The van der Waals surface area contributed by atoms with Crippen LogP contribution in [-0.4, -0.2) is 42.6 Å². The van der Waals surface area contributed by atoms with Gasteiger partial charge in [0, 0.05) is 48.7 Å². The number of allylic oxidation sites excluding steroid dienone is 3. The summed E-state index contributed by atoms with van der Waals surface area (Å²) in [7, 11) is 2.15. The van der Waals surface area contributed by atoms with Crippen molar-refractivity contribution in [1.29, 1.82) is 0 Å². The molecule has 31 heavy (non-hydrogen) atoms. The number of benzene rings is 1. The summed E-state index contributed by atoms with van der Waals surface area (Å²) in [4.78, 5) is 6.37. The van der Waals surface area contributed by atoms with Crippen LogP contribution < -0.4 is 10.6 Å². The average molecular weight is 439 g/mol. The first kappa shape index (κ1) is 24.7. The molecule has 0 bridgehead atoms. The number of likely N-dealkylation sites (N-methyl/N-ethyl adjacent to an activating group) is 1. The van der Waals surface area contributed by atoms with Gasteiger partial charge in [0.15, 0.2) is 0 Å². The van der Waals surface area contributed by atoms with Gasteiger partial charge in [-0.25, -0.2) is 0 Å². The summed E-state index contributed by atoms with van der Waals surface area (Å²) in [6.07, 6.45) is 7.85. The lowest BCUT2D eigenvalue weighted by Gasteiger charge is -2.34. The molecule has 0 saturated carbocycles. The van der Waals surface area contributed by atoms with E-state index in [2.05, 4.69) is 71.4 Å². The quantitative estimate of drug-likeness (QED) is 0.394. The van der Waals surface area contributed by atoms with Gasteiger partial charge < -0.3 is 15.5 Å². The summed E-state index contributed by atoms with van der Waals surface area (Å²) < 4.78 is 0. The SMILES string of the molecule is C=C1CN(C)CC(c2cccc(NCNc3ccncc3)c2)/C1=C/C(C)=C\CCl.CC. The molecule has 0 spiro atoms. The Kier molecular flexibility index (Phi) is 10.3. The molecule has 3 rings (SSSR count). The molecule has 1 unspecified atom stereocenters. The minimum Gasteiger partial charge on any atom is -0.368 e. The lowest BCUT2D eigenvalue weighted by atomic mass is 9.82. The topological polar surface area (TPSA) is 40.2 Å².